The number of sulfone groups is 1. The van der Waals surface area contributed by atoms with Crippen LogP contribution in [0.2, 0.25) is 0 Å². The van der Waals surface area contributed by atoms with Crippen LogP contribution in [0.5, 0.6) is 0 Å². The summed E-state index contributed by atoms with van der Waals surface area (Å²) >= 11 is 3.61. The summed E-state index contributed by atoms with van der Waals surface area (Å²) in [6.45, 7) is 3.13. The van der Waals surface area contributed by atoms with E-state index in [-0.39, 0.29) is 5.75 Å². The molecule has 4 nitrogen and oxygen atoms in total. The number of rotatable bonds is 4. The number of halogens is 1. The number of hydrogen-bond acceptors (Lipinski definition) is 4. The molecule has 20 heavy (non-hydrogen) atoms. The Morgan fingerprint density at radius 2 is 2.10 bits per heavy atom. The molecule has 1 fully saturated rings. The fourth-order valence-corrected chi connectivity index (χ4v) is 4.28. The molecule has 0 aromatic heterocycles. The fraction of sp³-hybridized carbons (Fsp3) is 0.571. The van der Waals surface area contributed by atoms with E-state index in [0.717, 1.165) is 30.5 Å². The summed E-state index contributed by atoms with van der Waals surface area (Å²) in [6.07, 6.45) is 0.734. The van der Waals surface area contributed by atoms with Crippen LogP contribution in [0.1, 0.15) is 17.5 Å². The Kier molecular flexibility index (Phi) is 5.60. The molecule has 1 N–H and O–H groups in total. The van der Waals surface area contributed by atoms with Gasteiger partial charge in [-0.15, -0.1) is 0 Å². The lowest BCUT2D eigenvalue weighted by Gasteiger charge is -2.20. The maximum atomic E-state index is 11.6. The minimum absolute atomic E-state index is 0.280. The Hall–Kier alpha value is -0.430. The van der Waals surface area contributed by atoms with Crippen molar-refractivity contribution in [1.82, 2.24) is 10.2 Å². The van der Waals surface area contributed by atoms with Gasteiger partial charge in [-0.05, 0) is 37.2 Å². The van der Waals surface area contributed by atoms with E-state index in [4.69, 9.17) is 0 Å². The van der Waals surface area contributed by atoms with Crippen molar-refractivity contribution in [3.8, 4) is 0 Å². The third-order valence-corrected chi connectivity index (χ3v) is 5.99. The number of nitrogens with one attached hydrogen (secondary N) is 1. The molecule has 1 aromatic carbocycles. The third kappa shape index (κ3) is 4.55. The van der Waals surface area contributed by atoms with Gasteiger partial charge in [-0.25, -0.2) is 8.42 Å². The molecule has 112 valence electrons. The minimum Gasteiger partial charge on any atom is -0.316 e. The molecule has 0 aliphatic carbocycles. The maximum absolute atomic E-state index is 11.6. The van der Waals surface area contributed by atoms with E-state index in [1.165, 1.54) is 11.1 Å². The summed E-state index contributed by atoms with van der Waals surface area (Å²) in [5, 5.41) is 3.13. The van der Waals surface area contributed by atoms with Gasteiger partial charge in [-0.2, -0.15) is 0 Å². The van der Waals surface area contributed by atoms with Crippen LogP contribution < -0.4 is 5.32 Å². The lowest BCUT2D eigenvalue weighted by molar-refractivity contribution is 0.286. The molecule has 0 unspecified atom stereocenters. The van der Waals surface area contributed by atoms with Crippen LogP contribution in [0.25, 0.3) is 0 Å². The standard InChI is InChI=1S/C14H21BrN2O2S/c1-16-10-12-3-4-13(14(15)9-12)11-17-5-2-7-20(18,19)8-6-17/h3-4,9,16H,2,5-8,10-11H2,1H3. The zero-order chi connectivity index (χ0) is 14.6. The summed E-state index contributed by atoms with van der Waals surface area (Å²) < 4.78 is 24.3. The second-order valence-electron chi connectivity index (χ2n) is 5.24. The highest BCUT2D eigenvalue weighted by Crippen LogP contribution is 2.21. The molecule has 1 aromatic rings. The first-order valence-corrected chi connectivity index (χ1v) is 9.46. The van der Waals surface area contributed by atoms with E-state index in [0.29, 0.717) is 12.3 Å². The van der Waals surface area contributed by atoms with Crippen LogP contribution in [0.3, 0.4) is 0 Å². The van der Waals surface area contributed by atoms with E-state index in [9.17, 15) is 8.42 Å². The number of nitrogens with zero attached hydrogens (tertiary/aromatic N) is 1. The highest BCUT2D eigenvalue weighted by Gasteiger charge is 2.19. The molecule has 2 rings (SSSR count). The smallest absolute Gasteiger partial charge is 0.151 e. The van der Waals surface area contributed by atoms with Crippen molar-refractivity contribution in [2.24, 2.45) is 0 Å². The molecular formula is C14H21BrN2O2S. The molecule has 0 amide bonds. The lowest BCUT2D eigenvalue weighted by Crippen LogP contribution is -2.26. The van der Waals surface area contributed by atoms with Gasteiger partial charge >= 0.3 is 0 Å². The maximum Gasteiger partial charge on any atom is 0.151 e. The predicted octanol–water partition coefficient (Wildman–Crippen LogP) is 1.79. The first-order chi connectivity index (χ1) is 9.50. The Balaban J connectivity index is 2.02. The monoisotopic (exact) mass is 360 g/mol. The zero-order valence-corrected chi connectivity index (χ0v) is 14.1. The first kappa shape index (κ1) is 15.9. The zero-order valence-electron chi connectivity index (χ0n) is 11.7. The van der Waals surface area contributed by atoms with Crippen molar-refractivity contribution in [3.63, 3.8) is 0 Å². The third-order valence-electron chi connectivity index (χ3n) is 3.54. The van der Waals surface area contributed by atoms with Gasteiger partial charge in [0.25, 0.3) is 0 Å². The average molecular weight is 361 g/mol. The van der Waals surface area contributed by atoms with Gasteiger partial charge in [0.05, 0.1) is 11.5 Å². The van der Waals surface area contributed by atoms with Crippen LogP contribution in [0.4, 0.5) is 0 Å². The fourth-order valence-electron chi connectivity index (χ4n) is 2.42. The highest BCUT2D eigenvalue weighted by molar-refractivity contribution is 9.10. The highest BCUT2D eigenvalue weighted by atomic mass is 79.9. The predicted molar refractivity (Wildman–Crippen MR) is 85.5 cm³/mol. The van der Waals surface area contributed by atoms with Gasteiger partial charge < -0.3 is 5.32 Å². The van der Waals surface area contributed by atoms with E-state index in [2.05, 4.69) is 44.3 Å². The Bertz CT molecular complexity index is 560. The Morgan fingerprint density at radius 3 is 2.80 bits per heavy atom. The number of benzene rings is 1. The van der Waals surface area contributed by atoms with Crippen LogP contribution in [0.15, 0.2) is 22.7 Å². The Labute approximate surface area is 129 Å². The van der Waals surface area contributed by atoms with Crippen LogP contribution >= 0.6 is 15.9 Å². The molecule has 1 heterocycles. The molecule has 0 spiro atoms. The van der Waals surface area contributed by atoms with E-state index in [1.807, 2.05) is 7.05 Å². The molecule has 0 saturated carbocycles. The topological polar surface area (TPSA) is 49.4 Å². The van der Waals surface area contributed by atoms with Crippen molar-refractivity contribution >= 4 is 25.8 Å². The lowest BCUT2D eigenvalue weighted by atomic mass is 10.1. The van der Waals surface area contributed by atoms with Crippen LogP contribution in [-0.2, 0) is 22.9 Å². The molecular weight excluding hydrogens is 340 g/mol. The van der Waals surface area contributed by atoms with Gasteiger partial charge in [-0.1, -0.05) is 28.1 Å². The van der Waals surface area contributed by atoms with Crippen molar-refractivity contribution in [2.45, 2.75) is 19.5 Å². The quantitative estimate of drug-likeness (QED) is 0.889. The number of hydrogen-bond donors (Lipinski definition) is 1. The minimum atomic E-state index is -2.83. The first-order valence-electron chi connectivity index (χ1n) is 6.85. The van der Waals surface area contributed by atoms with Gasteiger partial charge in [0.1, 0.15) is 0 Å². The molecule has 0 radical (unpaired) electrons. The molecule has 1 aliphatic rings. The van der Waals surface area contributed by atoms with Crippen molar-refractivity contribution in [2.75, 3.05) is 31.6 Å². The van der Waals surface area contributed by atoms with Crippen molar-refractivity contribution in [1.29, 1.82) is 0 Å². The van der Waals surface area contributed by atoms with Crippen molar-refractivity contribution < 1.29 is 8.42 Å². The van der Waals surface area contributed by atoms with Crippen LogP contribution in [0, 0.1) is 0 Å². The molecule has 1 saturated heterocycles. The summed E-state index contributed by atoms with van der Waals surface area (Å²) in [5.41, 5.74) is 2.45. The van der Waals surface area contributed by atoms with Gasteiger partial charge in [0.2, 0.25) is 0 Å². The average Bonchev–Trinajstić information content (AvgIpc) is 2.55. The van der Waals surface area contributed by atoms with E-state index >= 15 is 0 Å². The summed E-state index contributed by atoms with van der Waals surface area (Å²) in [6, 6.07) is 6.36. The SMILES string of the molecule is CNCc1ccc(CN2CCCS(=O)(=O)CC2)c(Br)c1. The molecule has 0 atom stereocenters. The van der Waals surface area contributed by atoms with Gasteiger partial charge in [0.15, 0.2) is 9.84 Å². The normalized spacial score (nSPS) is 19.7. The van der Waals surface area contributed by atoms with E-state index < -0.39 is 9.84 Å². The summed E-state index contributed by atoms with van der Waals surface area (Å²) in [4.78, 5) is 2.22. The largest absolute Gasteiger partial charge is 0.316 e. The van der Waals surface area contributed by atoms with Gasteiger partial charge in [0, 0.05) is 24.1 Å². The summed E-state index contributed by atoms with van der Waals surface area (Å²) in [7, 11) is -0.900. The summed E-state index contributed by atoms with van der Waals surface area (Å²) in [5.74, 6) is 0.605. The molecule has 6 heteroatoms. The molecule has 1 aliphatic heterocycles. The molecule has 0 bridgehead atoms. The van der Waals surface area contributed by atoms with Crippen molar-refractivity contribution in [3.05, 3.63) is 33.8 Å². The van der Waals surface area contributed by atoms with Gasteiger partial charge in [-0.3, -0.25) is 4.90 Å². The van der Waals surface area contributed by atoms with Crippen LogP contribution in [-0.4, -0.2) is 45.0 Å². The van der Waals surface area contributed by atoms with E-state index in [1.54, 1.807) is 0 Å². The second-order valence-corrected chi connectivity index (χ2v) is 8.40. The Morgan fingerprint density at radius 1 is 1.30 bits per heavy atom. The second kappa shape index (κ2) is 7.02.